The average molecular weight is 230 g/mol. The predicted octanol–water partition coefficient (Wildman–Crippen LogP) is 4.57. The first-order chi connectivity index (χ1) is 5.52. The van der Waals surface area contributed by atoms with Crippen LogP contribution >= 0.6 is 34.8 Å². The molecule has 1 fully saturated rings. The van der Waals surface area contributed by atoms with Crippen LogP contribution in [0, 0.1) is 11.8 Å². The lowest BCUT2D eigenvalue weighted by Crippen LogP contribution is -2.26. The molecule has 1 atom stereocenters. The number of rotatable bonds is 1. The maximum atomic E-state index is 5.85. The van der Waals surface area contributed by atoms with Gasteiger partial charge in [-0.2, -0.15) is 0 Å². The molecule has 0 aromatic rings. The maximum absolute atomic E-state index is 5.85. The van der Waals surface area contributed by atoms with Gasteiger partial charge in [0.15, 0.2) is 3.79 Å². The Bertz CT molecular complexity index is 133. The van der Waals surface area contributed by atoms with Crippen molar-refractivity contribution >= 4 is 34.8 Å². The van der Waals surface area contributed by atoms with Crippen LogP contribution in [-0.4, -0.2) is 3.79 Å². The minimum atomic E-state index is -1.07. The summed E-state index contributed by atoms with van der Waals surface area (Å²) in [4.78, 5) is 0. The summed E-state index contributed by atoms with van der Waals surface area (Å²) in [5, 5.41) is 0. The Hall–Kier alpha value is 0.870. The van der Waals surface area contributed by atoms with Crippen LogP contribution in [0.2, 0.25) is 0 Å². The smallest absolute Gasteiger partial charge is 0.0834 e. The molecule has 3 heteroatoms. The van der Waals surface area contributed by atoms with E-state index in [4.69, 9.17) is 34.8 Å². The van der Waals surface area contributed by atoms with E-state index in [1.165, 1.54) is 32.1 Å². The van der Waals surface area contributed by atoms with E-state index in [0.717, 1.165) is 0 Å². The summed E-state index contributed by atoms with van der Waals surface area (Å²) in [7, 11) is 0. The maximum Gasteiger partial charge on any atom is 0.193 e. The van der Waals surface area contributed by atoms with Gasteiger partial charge in [-0.05, 0) is 5.92 Å². The molecule has 0 aromatic heterocycles. The Labute approximate surface area is 89.6 Å². The van der Waals surface area contributed by atoms with E-state index in [0.29, 0.717) is 5.92 Å². The van der Waals surface area contributed by atoms with Gasteiger partial charge in [0.2, 0.25) is 0 Å². The van der Waals surface area contributed by atoms with Crippen molar-refractivity contribution < 1.29 is 0 Å². The van der Waals surface area contributed by atoms with Gasteiger partial charge in [-0.15, -0.1) is 0 Å². The first kappa shape index (κ1) is 10.9. The number of halogens is 3. The summed E-state index contributed by atoms with van der Waals surface area (Å²) in [6.07, 6.45) is 6.42. The number of alkyl halides is 3. The second kappa shape index (κ2) is 4.39. The van der Waals surface area contributed by atoms with Gasteiger partial charge >= 0.3 is 0 Å². The average Bonchev–Trinajstić information content (AvgIpc) is 2.03. The Kier molecular flexibility index (Phi) is 4.01. The lowest BCUT2D eigenvalue weighted by Gasteiger charge is -2.31. The Morgan fingerprint density at radius 1 is 1.08 bits per heavy atom. The molecule has 0 heterocycles. The summed E-state index contributed by atoms with van der Waals surface area (Å²) < 4.78 is -1.07. The van der Waals surface area contributed by atoms with E-state index in [-0.39, 0.29) is 5.92 Å². The fourth-order valence-electron chi connectivity index (χ4n) is 1.90. The van der Waals surface area contributed by atoms with Crippen molar-refractivity contribution in [3.8, 4) is 0 Å². The highest BCUT2D eigenvalue weighted by atomic mass is 35.6. The molecule has 1 unspecified atom stereocenters. The highest BCUT2D eigenvalue weighted by molar-refractivity contribution is 6.67. The molecule has 1 aliphatic rings. The topological polar surface area (TPSA) is 0 Å². The fraction of sp³-hybridized carbons (Fsp3) is 1.00. The summed E-state index contributed by atoms with van der Waals surface area (Å²) in [6, 6.07) is 0. The van der Waals surface area contributed by atoms with Crippen molar-refractivity contribution in [2.45, 2.75) is 42.8 Å². The zero-order valence-corrected chi connectivity index (χ0v) is 9.59. The van der Waals surface area contributed by atoms with Crippen LogP contribution in [0.4, 0.5) is 0 Å². The molecule has 0 N–H and O–H groups in total. The van der Waals surface area contributed by atoms with E-state index in [1.54, 1.807) is 0 Å². The minimum absolute atomic E-state index is 0.197. The summed E-state index contributed by atoms with van der Waals surface area (Å²) in [6.45, 7) is 2.04. The molecule has 0 nitrogen and oxygen atoms in total. The molecule has 0 bridgehead atoms. The van der Waals surface area contributed by atoms with Crippen LogP contribution in [-0.2, 0) is 0 Å². The van der Waals surface area contributed by atoms with Gasteiger partial charge < -0.3 is 0 Å². The van der Waals surface area contributed by atoms with Crippen molar-refractivity contribution in [3.63, 3.8) is 0 Å². The van der Waals surface area contributed by atoms with Gasteiger partial charge in [-0.25, -0.2) is 0 Å². The van der Waals surface area contributed by atoms with E-state index < -0.39 is 3.79 Å². The number of hydrogen-bond donors (Lipinski definition) is 0. The van der Waals surface area contributed by atoms with Crippen LogP contribution in [0.1, 0.15) is 39.0 Å². The summed E-state index contributed by atoms with van der Waals surface area (Å²) >= 11 is 17.5. The summed E-state index contributed by atoms with van der Waals surface area (Å²) in [5.41, 5.74) is 0. The summed E-state index contributed by atoms with van der Waals surface area (Å²) in [5.74, 6) is 0.814. The van der Waals surface area contributed by atoms with Crippen LogP contribution in [0.5, 0.6) is 0 Å². The molecule has 0 amide bonds. The van der Waals surface area contributed by atoms with Gasteiger partial charge in [0, 0.05) is 5.92 Å². The van der Waals surface area contributed by atoms with Gasteiger partial charge in [0.05, 0.1) is 0 Å². The molecule has 0 aliphatic heterocycles. The molecule has 1 rings (SSSR count). The Morgan fingerprint density at radius 3 is 2.00 bits per heavy atom. The molecule has 0 aromatic carbocycles. The lowest BCUT2D eigenvalue weighted by atomic mass is 9.81. The quantitative estimate of drug-likeness (QED) is 0.578. The minimum Gasteiger partial charge on any atom is -0.0834 e. The monoisotopic (exact) mass is 228 g/mol. The molecule has 0 spiro atoms. The first-order valence-corrected chi connectivity index (χ1v) is 5.72. The van der Waals surface area contributed by atoms with Crippen molar-refractivity contribution in [2.24, 2.45) is 11.8 Å². The Balaban J connectivity index is 2.45. The molecule has 0 saturated heterocycles. The van der Waals surface area contributed by atoms with E-state index in [2.05, 4.69) is 0 Å². The molecule has 1 aliphatic carbocycles. The lowest BCUT2D eigenvalue weighted by molar-refractivity contribution is 0.266. The normalized spacial score (nSPS) is 24.0. The van der Waals surface area contributed by atoms with Crippen molar-refractivity contribution in [2.75, 3.05) is 0 Å². The predicted molar refractivity (Wildman–Crippen MR) is 56.0 cm³/mol. The van der Waals surface area contributed by atoms with Gasteiger partial charge in [0.1, 0.15) is 0 Å². The van der Waals surface area contributed by atoms with Gasteiger partial charge in [-0.3, -0.25) is 0 Å². The third-order valence-corrected chi connectivity index (χ3v) is 3.91. The first-order valence-electron chi connectivity index (χ1n) is 4.58. The highest BCUT2D eigenvalue weighted by Gasteiger charge is 2.35. The van der Waals surface area contributed by atoms with Crippen LogP contribution in [0.25, 0.3) is 0 Å². The largest absolute Gasteiger partial charge is 0.193 e. The van der Waals surface area contributed by atoms with Crippen LogP contribution in [0.3, 0.4) is 0 Å². The highest BCUT2D eigenvalue weighted by Crippen LogP contribution is 2.43. The molecular weight excluding hydrogens is 214 g/mol. The SMILES string of the molecule is CC(C1CCCCC1)C(Cl)(Cl)Cl. The van der Waals surface area contributed by atoms with E-state index in [9.17, 15) is 0 Å². The zero-order chi connectivity index (χ0) is 9.19. The van der Waals surface area contributed by atoms with Crippen LogP contribution < -0.4 is 0 Å². The van der Waals surface area contributed by atoms with Crippen molar-refractivity contribution in [1.29, 1.82) is 0 Å². The van der Waals surface area contributed by atoms with E-state index >= 15 is 0 Å². The van der Waals surface area contributed by atoms with E-state index in [1.807, 2.05) is 6.92 Å². The van der Waals surface area contributed by atoms with Gasteiger partial charge in [0.25, 0.3) is 0 Å². The molecule has 12 heavy (non-hydrogen) atoms. The zero-order valence-electron chi connectivity index (χ0n) is 7.32. The van der Waals surface area contributed by atoms with Crippen molar-refractivity contribution in [1.82, 2.24) is 0 Å². The third kappa shape index (κ3) is 2.97. The second-order valence-corrected chi connectivity index (χ2v) is 6.10. The Morgan fingerprint density at radius 2 is 1.58 bits per heavy atom. The molecule has 72 valence electrons. The second-order valence-electron chi connectivity index (χ2n) is 3.73. The van der Waals surface area contributed by atoms with Crippen LogP contribution in [0.15, 0.2) is 0 Å². The molecular formula is C9H15Cl3. The molecule has 1 saturated carbocycles. The van der Waals surface area contributed by atoms with Gasteiger partial charge in [-0.1, -0.05) is 73.8 Å². The fourth-order valence-corrected chi connectivity index (χ4v) is 2.44. The van der Waals surface area contributed by atoms with Crippen molar-refractivity contribution in [3.05, 3.63) is 0 Å². The number of hydrogen-bond acceptors (Lipinski definition) is 0. The molecule has 0 radical (unpaired) electrons. The third-order valence-electron chi connectivity index (χ3n) is 2.87. The standard InChI is InChI=1S/C9H15Cl3/c1-7(9(10,11)12)8-5-3-2-4-6-8/h7-8H,2-6H2,1H3.